The van der Waals surface area contributed by atoms with Crippen LogP contribution in [0.5, 0.6) is 0 Å². The molecule has 0 amide bonds. The molecule has 1 saturated heterocycles. The molecule has 1 heterocycles. The second kappa shape index (κ2) is 4.28. The van der Waals surface area contributed by atoms with Gasteiger partial charge in [-0.25, -0.2) is 0 Å². The van der Waals surface area contributed by atoms with Crippen LogP contribution in [0.15, 0.2) is 0 Å². The zero-order chi connectivity index (χ0) is 8.10. The van der Waals surface area contributed by atoms with Crippen LogP contribution in [0.1, 0.15) is 25.7 Å². The molecule has 0 radical (unpaired) electrons. The van der Waals surface area contributed by atoms with E-state index in [9.17, 15) is 10.1 Å². The van der Waals surface area contributed by atoms with Gasteiger partial charge in [0.05, 0.1) is 6.04 Å². The van der Waals surface area contributed by atoms with Crippen molar-refractivity contribution < 1.29 is 4.92 Å². The number of nitro groups is 1. The van der Waals surface area contributed by atoms with Gasteiger partial charge in [-0.05, 0) is 19.4 Å². The maximum atomic E-state index is 10.1. The van der Waals surface area contributed by atoms with Crippen molar-refractivity contribution in [2.24, 2.45) is 0 Å². The number of rotatable bonds is 2. The predicted octanol–water partition coefficient (Wildman–Crippen LogP) is 0.795. The van der Waals surface area contributed by atoms with E-state index >= 15 is 0 Å². The Balaban J connectivity index is 2.25. The van der Waals surface area contributed by atoms with E-state index in [-0.39, 0.29) is 17.5 Å². The third kappa shape index (κ3) is 3.32. The van der Waals surface area contributed by atoms with E-state index in [1.807, 2.05) is 0 Å². The summed E-state index contributed by atoms with van der Waals surface area (Å²) in [6.45, 7) is 1.03. The summed E-state index contributed by atoms with van der Waals surface area (Å²) in [4.78, 5) is 9.91. The smallest absolute Gasteiger partial charge is 0.218 e. The van der Waals surface area contributed by atoms with E-state index < -0.39 is 0 Å². The van der Waals surface area contributed by atoms with Gasteiger partial charge < -0.3 is 5.32 Å². The molecule has 1 unspecified atom stereocenters. The average molecular weight is 158 g/mol. The number of nitrogens with zero attached hydrogens (tertiary/aromatic N) is 1. The molecule has 0 aliphatic carbocycles. The SMILES string of the molecule is O=[N+]([O-])CC1CCCCCN1. The number of hydrogen-bond donors (Lipinski definition) is 1. The van der Waals surface area contributed by atoms with E-state index in [1.54, 1.807) is 0 Å². The fourth-order valence-electron chi connectivity index (χ4n) is 1.44. The first-order valence-corrected chi connectivity index (χ1v) is 4.14. The summed E-state index contributed by atoms with van der Waals surface area (Å²) < 4.78 is 0. The van der Waals surface area contributed by atoms with Gasteiger partial charge in [-0.15, -0.1) is 0 Å². The molecule has 0 saturated carbocycles. The van der Waals surface area contributed by atoms with Crippen molar-refractivity contribution in [3.8, 4) is 0 Å². The summed E-state index contributed by atoms with van der Waals surface area (Å²) in [6.07, 6.45) is 4.46. The summed E-state index contributed by atoms with van der Waals surface area (Å²) in [5.41, 5.74) is 0. The van der Waals surface area contributed by atoms with Crippen LogP contribution in [0, 0.1) is 10.1 Å². The van der Waals surface area contributed by atoms with Crippen molar-refractivity contribution >= 4 is 0 Å². The molecular weight excluding hydrogens is 144 g/mol. The van der Waals surface area contributed by atoms with E-state index in [2.05, 4.69) is 5.32 Å². The van der Waals surface area contributed by atoms with Crippen molar-refractivity contribution in [3.63, 3.8) is 0 Å². The molecule has 1 N–H and O–H groups in total. The van der Waals surface area contributed by atoms with Crippen LogP contribution in [0.2, 0.25) is 0 Å². The minimum Gasteiger partial charge on any atom is -0.308 e. The van der Waals surface area contributed by atoms with Crippen molar-refractivity contribution in [3.05, 3.63) is 10.1 Å². The van der Waals surface area contributed by atoms with Gasteiger partial charge >= 0.3 is 0 Å². The van der Waals surface area contributed by atoms with Gasteiger partial charge in [-0.1, -0.05) is 12.8 Å². The third-order valence-corrected chi connectivity index (χ3v) is 2.03. The van der Waals surface area contributed by atoms with Crippen LogP contribution in [0.25, 0.3) is 0 Å². The van der Waals surface area contributed by atoms with Gasteiger partial charge in [0.15, 0.2) is 0 Å². The highest BCUT2D eigenvalue weighted by Crippen LogP contribution is 2.07. The molecule has 4 nitrogen and oxygen atoms in total. The average Bonchev–Trinajstić information content (AvgIpc) is 2.14. The molecule has 0 aromatic heterocycles. The molecule has 1 aliphatic rings. The topological polar surface area (TPSA) is 55.2 Å². The fourth-order valence-corrected chi connectivity index (χ4v) is 1.44. The molecule has 1 aliphatic heterocycles. The molecule has 0 bridgehead atoms. The van der Waals surface area contributed by atoms with Crippen molar-refractivity contribution in [2.45, 2.75) is 31.7 Å². The first-order chi connectivity index (χ1) is 5.29. The Bertz CT molecular complexity index is 130. The summed E-state index contributed by atoms with van der Waals surface area (Å²) in [5, 5.41) is 13.3. The summed E-state index contributed by atoms with van der Waals surface area (Å²) in [5.74, 6) is 0. The first-order valence-electron chi connectivity index (χ1n) is 4.14. The van der Waals surface area contributed by atoms with Gasteiger partial charge in [-0.2, -0.15) is 0 Å². The van der Waals surface area contributed by atoms with Gasteiger partial charge in [0, 0.05) is 4.92 Å². The monoisotopic (exact) mass is 158 g/mol. The van der Waals surface area contributed by atoms with Crippen molar-refractivity contribution in [1.82, 2.24) is 5.32 Å². The van der Waals surface area contributed by atoms with Crippen LogP contribution in [-0.2, 0) is 0 Å². The number of hydrogen-bond acceptors (Lipinski definition) is 3. The lowest BCUT2D eigenvalue weighted by atomic mass is 10.1. The van der Waals surface area contributed by atoms with Crippen molar-refractivity contribution in [2.75, 3.05) is 13.1 Å². The summed E-state index contributed by atoms with van der Waals surface area (Å²) >= 11 is 0. The lowest BCUT2D eigenvalue weighted by Gasteiger charge is -2.09. The zero-order valence-electron chi connectivity index (χ0n) is 6.58. The molecule has 64 valence electrons. The molecule has 0 aromatic rings. The Labute approximate surface area is 66.1 Å². The van der Waals surface area contributed by atoms with Gasteiger partial charge in [0.2, 0.25) is 6.54 Å². The minimum atomic E-state index is -0.233. The summed E-state index contributed by atoms with van der Waals surface area (Å²) in [6, 6.07) is 0.118. The van der Waals surface area contributed by atoms with E-state index in [4.69, 9.17) is 0 Å². The zero-order valence-corrected chi connectivity index (χ0v) is 6.58. The van der Waals surface area contributed by atoms with Crippen molar-refractivity contribution in [1.29, 1.82) is 0 Å². The molecule has 11 heavy (non-hydrogen) atoms. The minimum absolute atomic E-state index is 0.0833. The predicted molar refractivity (Wildman–Crippen MR) is 42.1 cm³/mol. The standard InChI is InChI=1S/C7H14N2O2/c10-9(11)6-7-4-2-1-3-5-8-7/h7-8H,1-6H2. The van der Waals surface area contributed by atoms with Crippen LogP contribution in [0.3, 0.4) is 0 Å². The second-order valence-electron chi connectivity index (χ2n) is 3.02. The Hall–Kier alpha value is -0.640. The first kappa shape index (κ1) is 8.46. The van der Waals surface area contributed by atoms with E-state index in [0.717, 1.165) is 25.8 Å². The maximum absolute atomic E-state index is 10.1. The van der Waals surface area contributed by atoms with Crippen LogP contribution in [-0.4, -0.2) is 24.1 Å². The molecule has 0 aromatic carbocycles. The van der Waals surface area contributed by atoms with Crippen LogP contribution in [0.4, 0.5) is 0 Å². The number of nitrogens with one attached hydrogen (secondary N) is 1. The fraction of sp³-hybridized carbons (Fsp3) is 1.00. The second-order valence-corrected chi connectivity index (χ2v) is 3.02. The van der Waals surface area contributed by atoms with E-state index in [1.165, 1.54) is 6.42 Å². The maximum Gasteiger partial charge on any atom is 0.218 e. The Morgan fingerprint density at radius 2 is 2.27 bits per heavy atom. The van der Waals surface area contributed by atoms with Gasteiger partial charge in [-0.3, -0.25) is 10.1 Å². The Morgan fingerprint density at radius 3 is 3.00 bits per heavy atom. The van der Waals surface area contributed by atoms with Gasteiger partial charge in [0.25, 0.3) is 0 Å². The summed E-state index contributed by atoms with van der Waals surface area (Å²) in [7, 11) is 0. The van der Waals surface area contributed by atoms with Crippen LogP contribution >= 0.6 is 0 Å². The lowest BCUT2D eigenvalue weighted by molar-refractivity contribution is -0.483. The lowest BCUT2D eigenvalue weighted by Crippen LogP contribution is -2.34. The molecule has 1 atom stereocenters. The molecule has 0 spiro atoms. The third-order valence-electron chi connectivity index (χ3n) is 2.03. The quantitative estimate of drug-likeness (QED) is 0.477. The highest BCUT2D eigenvalue weighted by molar-refractivity contribution is 4.69. The molecule has 1 rings (SSSR count). The Kier molecular flexibility index (Phi) is 3.29. The normalized spacial score (nSPS) is 26.0. The largest absolute Gasteiger partial charge is 0.308 e. The Morgan fingerprint density at radius 1 is 1.45 bits per heavy atom. The highest BCUT2D eigenvalue weighted by atomic mass is 16.6. The molecule has 4 heteroatoms. The van der Waals surface area contributed by atoms with E-state index in [0.29, 0.717) is 0 Å². The molecular formula is C7H14N2O2. The van der Waals surface area contributed by atoms with Crippen LogP contribution < -0.4 is 5.32 Å². The van der Waals surface area contributed by atoms with Gasteiger partial charge in [0.1, 0.15) is 0 Å². The molecule has 1 fully saturated rings. The highest BCUT2D eigenvalue weighted by Gasteiger charge is 2.15.